The van der Waals surface area contributed by atoms with Crippen molar-refractivity contribution in [2.45, 2.75) is 30.8 Å². The molecule has 1 fully saturated rings. The lowest BCUT2D eigenvalue weighted by molar-refractivity contribution is 0.0145. The van der Waals surface area contributed by atoms with Gasteiger partial charge >= 0.3 is 0 Å². The lowest BCUT2D eigenvalue weighted by Crippen LogP contribution is -2.41. The highest BCUT2D eigenvalue weighted by Gasteiger charge is 2.24. The molecule has 3 nitrogen and oxygen atoms in total. The van der Waals surface area contributed by atoms with Gasteiger partial charge < -0.3 is 9.64 Å². The summed E-state index contributed by atoms with van der Waals surface area (Å²) in [5, 5.41) is 0. The lowest BCUT2D eigenvalue weighted by atomic mass is 10.1. The Hall–Kier alpha value is -0.520. The Morgan fingerprint density at radius 3 is 2.74 bits per heavy atom. The molecule has 104 valence electrons. The number of thiol groups is 1. The van der Waals surface area contributed by atoms with Crippen molar-refractivity contribution in [1.29, 1.82) is 0 Å². The summed E-state index contributed by atoms with van der Waals surface area (Å²) in [5.41, 5.74) is 0.668. The van der Waals surface area contributed by atoms with Crippen LogP contribution in [0.15, 0.2) is 27.6 Å². The number of carbonyl (C=O) groups excluding carboxylic acids is 1. The fraction of sp³-hybridized carbons (Fsp3) is 0.500. The number of amides is 1. The van der Waals surface area contributed by atoms with Crippen LogP contribution in [0, 0.1) is 0 Å². The highest BCUT2D eigenvalue weighted by Crippen LogP contribution is 2.23. The molecule has 1 aromatic rings. The fourth-order valence-corrected chi connectivity index (χ4v) is 3.16. The third-order valence-electron chi connectivity index (χ3n) is 3.32. The zero-order valence-electron chi connectivity index (χ0n) is 10.9. The Morgan fingerprint density at radius 2 is 2.16 bits per heavy atom. The fourth-order valence-electron chi connectivity index (χ4n) is 2.32. The maximum atomic E-state index is 12.4. The molecule has 0 bridgehead atoms. The van der Waals surface area contributed by atoms with Crippen LogP contribution in [0.2, 0.25) is 0 Å². The van der Waals surface area contributed by atoms with Crippen LogP contribution in [0.1, 0.15) is 30.1 Å². The third-order valence-corrected chi connectivity index (χ3v) is 4.19. The molecule has 19 heavy (non-hydrogen) atoms. The molecule has 1 aromatic carbocycles. The zero-order valence-corrected chi connectivity index (χ0v) is 13.4. The highest BCUT2D eigenvalue weighted by atomic mass is 79.9. The molecule has 0 radical (unpaired) electrons. The molecule has 0 atom stereocenters. The summed E-state index contributed by atoms with van der Waals surface area (Å²) < 4.78 is 6.53. The van der Waals surface area contributed by atoms with E-state index in [2.05, 4.69) is 28.6 Å². The molecule has 1 aliphatic rings. The predicted octanol–water partition coefficient (Wildman–Crippen LogP) is 3.38. The first kappa shape index (κ1) is 14.9. The van der Waals surface area contributed by atoms with Crippen molar-refractivity contribution in [2.75, 3.05) is 19.7 Å². The molecule has 1 amide bonds. The number of nitrogens with zero attached hydrogens (tertiary/aromatic N) is 1. The van der Waals surface area contributed by atoms with Gasteiger partial charge in [-0.1, -0.05) is 15.9 Å². The molecule has 0 N–H and O–H groups in total. The predicted molar refractivity (Wildman–Crippen MR) is 81.9 cm³/mol. The first-order chi connectivity index (χ1) is 9.11. The normalized spacial score (nSPS) is 16.7. The monoisotopic (exact) mass is 343 g/mol. The van der Waals surface area contributed by atoms with E-state index in [0.717, 1.165) is 37.0 Å². The smallest absolute Gasteiger partial charge is 0.254 e. The van der Waals surface area contributed by atoms with Crippen molar-refractivity contribution in [2.24, 2.45) is 0 Å². The summed E-state index contributed by atoms with van der Waals surface area (Å²) in [6.07, 6.45) is 2.13. The van der Waals surface area contributed by atoms with Crippen molar-refractivity contribution in [1.82, 2.24) is 4.90 Å². The number of benzene rings is 1. The van der Waals surface area contributed by atoms with E-state index in [1.165, 1.54) is 0 Å². The SMILES string of the molecule is CCOC1CCN(C(=O)c2ccc(Br)cc2S)CC1. The maximum absolute atomic E-state index is 12.4. The van der Waals surface area contributed by atoms with Gasteiger partial charge in [0.25, 0.3) is 5.91 Å². The second-order valence-corrected chi connectivity index (χ2v) is 6.01. The summed E-state index contributed by atoms with van der Waals surface area (Å²) >= 11 is 7.75. The lowest BCUT2D eigenvalue weighted by Gasteiger charge is -2.32. The van der Waals surface area contributed by atoms with Gasteiger partial charge in [-0.15, -0.1) is 12.6 Å². The Labute approximate surface area is 127 Å². The van der Waals surface area contributed by atoms with Gasteiger partial charge in [0.05, 0.1) is 11.7 Å². The Bertz CT molecular complexity index is 459. The van der Waals surface area contributed by atoms with Crippen molar-refractivity contribution in [3.05, 3.63) is 28.2 Å². The molecule has 0 saturated carbocycles. The van der Waals surface area contributed by atoms with Gasteiger partial charge in [-0.3, -0.25) is 4.79 Å². The van der Waals surface area contributed by atoms with E-state index in [0.29, 0.717) is 16.6 Å². The maximum Gasteiger partial charge on any atom is 0.254 e. The van der Waals surface area contributed by atoms with E-state index < -0.39 is 0 Å². The van der Waals surface area contributed by atoms with Crippen LogP contribution < -0.4 is 0 Å². The van der Waals surface area contributed by atoms with Crippen LogP contribution in [-0.2, 0) is 4.74 Å². The van der Waals surface area contributed by atoms with Gasteiger partial charge in [0, 0.05) is 29.1 Å². The minimum absolute atomic E-state index is 0.0625. The molecular weight excluding hydrogens is 326 g/mol. The van der Waals surface area contributed by atoms with Crippen LogP contribution >= 0.6 is 28.6 Å². The van der Waals surface area contributed by atoms with Crippen molar-refractivity contribution < 1.29 is 9.53 Å². The molecule has 0 aliphatic carbocycles. The highest BCUT2D eigenvalue weighted by molar-refractivity contribution is 9.10. The molecule has 1 aliphatic heterocycles. The summed E-state index contributed by atoms with van der Waals surface area (Å²) in [6, 6.07) is 5.55. The van der Waals surface area contributed by atoms with Gasteiger partial charge in [-0.25, -0.2) is 0 Å². The number of hydrogen-bond donors (Lipinski definition) is 1. The van der Waals surface area contributed by atoms with Gasteiger partial charge in [-0.05, 0) is 38.0 Å². The number of halogens is 1. The van der Waals surface area contributed by atoms with Gasteiger partial charge in [0.2, 0.25) is 0 Å². The largest absolute Gasteiger partial charge is 0.378 e. The van der Waals surface area contributed by atoms with Crippen LogP contribution in [0.5, 0.6) is 0 Å². The standard InChI is InChI=1S/C14H18BrNO2S/c1-2-18-11-5-7-16(8-6-11)14(17)12-4-3-10(15)9-13(12)19/h3-4,9,11,19H,2,5-8H2,1H3. The first-order valence-electron chi connectivity index (χ1n) is 6.51. The molecule has 0 aromatic heterocycles. The Kier molecular flexibility index (Phi) is 5.30. The Morgan fingerprint density at radius 1 is 1.47 bits per heavy atom. The first-order valence-corrected chi connectivity index (χ1v) is 7.75. The number of rotatable bonds is 3. The minimum Gasteiger partial charge on any atom is -0.378 e. The van der Waals surface area contributed by atoms with Gasteiger partial charge in [0.1, 0.15) is 0 Å². The molecule has 0 unspecified atom stereocenters. The van der Waals surface area contributed by atoms with Crippen molar-refractivity contribution >= 4 is 34.5 Å². The molecule has 2 rings (SSSR count). The van der Waals surface area contributed by atoms with Gasteiger partial charge in [0.15, 0.2) is 0 Å². The molecular formula is C14H18BrNO2S. The van der Waals surface area contributed by atoms with E-state index in [9.17, 15) is 4.79 Å². The topological polar surface area (TPSA) is 29.5 Å². The second kappa shape index (κ2) is 6.77. The van der Waals surface area contributed by atoms with Crippen LogP contribution in [0.3, 0.4) is 0 Å². The van der Waals surface area contributed by atoms with Crippen LogP contribution in [0.25, 0.3) is 0 Å². The van der Waals surface area contributed by atoms with E-state index >= 15 is 0 Å². The van der Waals surface area contributed by atoms with Crippen LogP contribution in [-0.4, -0.2) is 36.6 Å². The number of piperidine rings is 1. The summed E-state index contributed by atoms with van der Waals surface area (Å²) in [6.45, 7) is 4.26. The molecule has 5 heteroatoms. The molecule has 1 heterocycles. The second-order valence-electron chi connectivity index (χ2n) is 4.61. The van der Waals surface area contributed by atoms with E-state index in [1.807, 2.05) is 30.0 Å². The molecule has 0 spiro atoms. The van der Waals surface area contributed by atoms with E-state index in [1.54, 1.807) is 0 Å². The number of ether oxygens (including phenoxy) is 1. The summed E-state index contributed by atoms with van der Waals surface area (Å²) in [7, 11) is 0. The van der Waals surface area contributed by atoms with Crippen LogP contribution in [0.4, 0.5) is 0 Å². The minimum atomic E-state index is 0.0625. The number of hydrogen-bond acceptors (Lipinski definition) is 3. The summed E-state index contributed by atoms with van der Waals surface area (Å²) in [4.78, 5) is 15.0. The van der Waals surface area contributed by atoms with Gasteiger partial charge in [-0.2, -0.15) is 0 Å². The summed E-state index contributed by atoms with van der Waals surface area (Å²) in [5.74, 6) is 0.0625. The molecule has 1 saturated heterocycles. The average Bonchev–Trinajstić information content (AvgIpc) is 2.39. The average molecular weight is 344 g/mol. The number of carbonyl (C=O) groups is 1. The van der Waals surface area contributed by atoms with E-state index in [-0.39, 0.29) is 5.91 Å². The van der Waals surface area contributed by atoms with Crippen molar-refractivity contribution in [3.63, 3.8) is 0 Å². The quantitative estimate of drug-likeness (QED) is 0.852. The van der Waals surface area contributed by atoms with Crippen molar-refractivity contribution in [3.8, 4) is 0 Å². The zero-order chi connectivity index (χ0) is 13.8. The number of likely N-dealkylation sites (tertiary alicyclic amines) is 1. The van der Waals surface area contributed by atoms with E-state index in [4.69, 9.17) is 4.74 Å². The Balaban J connectivity index is 2.01. The third kappa shape index (κ3) is 3.74.